The number of nitrogens with zero attached hydrogens (tertiary/aromatic N) is 2. The Labute approximate surface area is 147 Å². The summed E-state index contributed by atoms with van der Waals surface area (Å²) in [6.07, 6.45) is 2.20. The Bertz CT molecular complexity index is 750. The summed E-state index contributed by atoms with van der Waals surface area (Å²) in [4.78, 5) is 25.1. The Morgan fingerprint density at radius 1 is 1.29 bits per heavy atom. The summed E-state index contributed by atoms with van der Waals surface area (Å²) in [5, 5.41) is 2.64. The van der Waals surface area contributed by atoms with Crippen LogP contribution in [0.5, 0.6) is 0 Å². The molecule has 0 saturated carbocycles. The van der Waals surface area contributed by atoms with Gasteiger partial charge in [-0.05, 0) is 38.2 Å². The van der Waals surface area contributed by atoms with Gasteiger partial charge in [0.25, 0.3) is 5.56 Å². The molecule has 0 aliphatic rings. The van der Waals surface area contributed by atoms with Gasteiger partial charge in [0.1, 0.15) is 5.69 Å². The quantitative estimate of drug-likeness (QED) is 0.782. The number of hydrogen-bond acceptors (Lipinski definition) is 3. The van der Waals surface area contributed by atoms with Crippen molar-refractivity contribution in [2.24, 2.45) is 7.05 Å². The number of rotatable bonds is 7. The maximum atomic E-state index is 12.8. The molecule has 1 aromatic carbocycles. The highest BCUT2D eigenvalue weighted by Gasteiger charge is 2.20. The second kappa shape index (κ2) is 8.24. The van der Waals surface area contributed by atoms with Crippen LogP contribution in [0.2, 0.25) is 0 Å². The third kappa shape index (κ3) is 3.93. The molecule has 1 aromatic heterocycles. The van der Waals surface area contributed by atoms with Crippen LogP contribution in [0.25, 0.3) is 5.69 Å². The van der Waals surface area contributed by atoms with E-state index in [9.17, 15) is 9.59 Å². The number of carbonyl (C=O) groups excluding carboxylic acids is 1. The molecule has 0 aliphatic carbocycles. The molecule has 6 heteroatoms. The van der Waals surface area contributed by atoms with E-state index in [1.807, 2.05) is 51.2 Å². The van der Waals surface area contributed by atoms with Gasteiger partial charge in [0.15, 0.2) is 0 Å². The Morgan fingerprint density at radius 2 is 1.96 bits per heavy atom. The summed E-state index contributed by atoms with van der Waals surface area (Å²) in [5.74, 6) is 0.828. The van der Waals surface area contributed by atoms with E-state index in [1.54, 1.807) is 21.1 Å². The monoisotopic (exact) mass is 347 g/mol. The fourth-order valence-corrected chi connectivity index (χ4v) is 3.44. The zero-order valence-corrected chi connectivity index (χ0v) is 15.5. The molecule has 1 N–H and O–H groups in total. The fourth-order valence-electron chi connectivity index (χ4n) is 2.42. The van der Waals surface area contributed by atoms with Crippen molar-refractivity contribution in [1.29, 1.82) is 0 Å². The topological polar surface area (TPSA) is 56.0 Å². The first-order valence-electron chi connectivity index (χ1n) is 8.23. The van der Waals surface area contributed by atoms with E-state index < -0.39 is 0 Å². The normalized spacial score (nSPS) is 12.2. The number of carbonyl (C=O) groups is 1. The molecule has 0 spiro atoms. The maximum Gasteiger partial charge on any atom is 0.295 e. The van der Waals surface area contributed by atoms with Crippen molar-refractivity contribution in [2.45, 2.75) is 38.9 Å². The highest BCUT2D eigenvalue weighted by atomic mass is 32.2. The molecule has 0 aliphatic heterocycles. The van der Waals surface area contributed by atoms with E-state index in [-0.39, 0.29) is 16.7 Å². The molecule has 5 nitrogen and oxygen atoms in total. The molecule has 0 saturated heterocycles. The van der Waals surface area contributed by atoms with Gasteiger partial charge in [-0.3, -0.25) is 14.3 Å². The number of amides is 1. The Balaban J connectivity index is 2.23. The van der Waals surface area contributed by atoms with Crippen LogP contribution in [0.3, 0.4) is 0 Å². The molecule has 1 atom stereocenters. The molecule has 1 heterocycles. The summed E-state index contributed by atoms with van der Waals surface area (Å²) in [6.45, 7) is 5.85. The van der Waals surface area contributed by atoms with Crippen LogP contribution >= 0.6 is 11.8 Å². The van der Waals surface area contributed by atoms with E-state index >= 15 is 0 Å². The second-order valence-electron chi connectivity index (χ2n) is 5.79. The lowest BCUT2D eigenvalue weighted by atomic mass is 10.3. The van der Waals surface area contributed by atoms with Crippen molar-refractivity contribution >= 4 is 23.4 Å². The predicted molar refractivity (Wildman–Crippen MR) is 101 cm³/mol. The van der Waals surface area contributed by atoms with E-state index in [4.69, 9.17) is 0 Å². The smallest absolute Gasteiger partial charge is 0.295 e. The van der Waals surface area contributed by atoms with Crippen molar-refractivity contribution in [3.05, 3.63) is 46.4 Å². The van der Waals surface area contributed by atoms with Crippen LogP contribution < -0.4 is 10.9 Å². The number of benzene rings is 1. The van der Waals surface area contributed by atoms with Gasteiger partial charge in [0, 0.05) is 7.05 Å². The zero-order valence-electron chi connectivity index (χ0n) is 14.7. The van der Waals surface area contributed by atoms with Crippen LogP contribution in [-0.4, -0.2) is 26.3 Å². The van der Waals surface area contributed by atoms with Crippen LogP contribution in [0.1, 0.15) is 32.4 Å². The average molecular weight is 347 g/mol. The third-order valence-corrected chi connectivity index (χ3v) is 5.28. The molecule has 130 valence electrons. The van der Waals surface area contributed by atoms with Gasteiger partial charge in [-0.15, -0.1) is 11.8 Å². The molecular formula is C18H25N3O2S. The molecule has 2 aromatic rings. The van der Waals surface area contributed by atoms with Gasteiger partial charge in [0.05, 0.1) is 16.6 Å². The van der Waals surface area contributed by atoms with E-state index in [1.165, 1.54) is 0 Å². The van der Waals surface area contributed by atoms with Gasteiger partial charge in [-0.1, -0.05) is 31.5 Å². The lowest BCUT2D eigenvalue weighted by Gasteiger charge is -2.10. The average Bonchev–Trinajstić information content (AvgIpc) is 2.79. The molecular weight excluding hydrogens is 322 g/mol. The minimum atomic E-state index is -0.208. The Morgan fingerprint density at radius 3 is 2.58 bits per heavy atom. The summed E-state index contributed by atoms with van der Waals surface area (Å²) >= 11 is 1.62. The van der Waals surface area contributed by atoms with Crippen molar-refractivity contribution in [2.75, 3.05) is 11.1 Å². The summed E-state index contributed by atoms with van der Waals surface area (Å²) in [5.41, 5.74) is 1.66. The van der Waals surface area contributed by atoms with Crippen molar-refractivity contribution in [3.63, 3.8) is 0 Å². The van der Waals surface area contributed by atoms with Crippen molar-refractivity contribution in [1.82, 2.24) is 9.36 Å². The second-order valence-corrected chi connectivity index (χ2v) is 7.24. The largest absolute Gasteiger partial charge is 0.319 e. The SMILES string of the molecule is CCCCSC(C)C(=O)Nc1c(C)n(C)n(-c2ccccc2)c1=O. The van der Waals surface area contributed by atoms with E-state index in [2.05, 4.69) is 12.2 Å². The fraction of sp³-hybridized carbons (Fsp3) is 0.444. The zero-order chi connectivity index (χ0) is 17.7. The predicted octanol–water partition coefficient (Wildman–Crippen LogP) is 3.34. The van der Waals surface area contributed by atoms with E-state index in [0.29, 0.717) is 5.69 Å². The van der Waals surface area contributed by atoms with Gasteiger partial charge in [-0.2, -0.15) is 0 Å². The molecule has 24 heavy (non-hydrogen) atoms. The van der Waals surface area contributed by atoms with Crippen LogP contribution in [-0.2, 0) is 11.8 Å². The van der Waals surface area contributed by atoms with Gasteiger partial charge in [0.2, 0.25) is 5.91 Å². The van der Waals surface area contributed by atoms with E-state index in [0.717, 1.165) is 30.0 Å². The highest BCUT2D eigenvalue weighted by Crippen LogP contribution is 2.17. The number of thioether (sulfide) groups is 1. The number of nitrogens with one attached hydrogen (secondary N) is 1. The minimum absolute atomic E-state index is 0.123. The number of anilines is 1. The molecule has 0 radical (unpaired) electrons. The first-order valence-corrected chi connectivity index (χ1v) is 9.28. The van der Waals surface area contributed by atoms with Gasteiger partial charge >= 0.3 is 0 Å². The van der Waals surface area contributed by atoms with Crippen molar-refractivity contribution < 1.29 is 4.79 Å². The number of unbranched alkanes of at least 4 members (excludes halogenated alkanes) is 1. The van der Waals surface area contributed by atoms with Gasteiger partial charge in [-0.25, -0.2) is 4.68 Å². The summed E-state index contributed by atoms with van der Waals surface area (Å²) < 4.78 is 3.34. The molecule has 0 bridgehead atoms. The van der Waals surface area contributed by atoms with Crippen LogP contribution in [0, 0.1) is 6.92 Å². The third-order valence-electron chi connectivity index (χ3n) is 4.04. The van der Waals surface area contributed by atoms with Crippen LogP contribution in [0.15, 0.2) is 35.1 Å². The number of aromatic nitrogens is 2. The number of hydrogen-bond donors (Lipinski definition) is 1. The minimum Gasteiger partial charge on any atom is -0.319 e. The first kappa shape index (κ1) is 18.4. The molecule has 1 amide bonds. The number of para-hydroxylation sites is 1. The maximum absolute atomic E-state index is 12.8. The molecule has 1 unspecified atom stereocenters. The summed E-state index contributed by atoms with van der Waals surface area (Å²) in [6, 6.07) is 9.41. The lowest BCUT2D eigenvalue weighted by molar-refractivity contribution is -0.115. The Kier molecular flexibility index (Phi) is 6.31. The van der Waals surface area contributed by atoms with Crippen LogP contribution in [0.4, 0.5) is 5.69 Å². The molecule has 2 rings (SSSR count). The summed E-state index contributed by atoms with van der Waals surface area (Å²) in [7, 11) is 1.82. The lowest BCUT2D eigenvalue weighted by Crippen LogP contribution is -2.27. The standard InChI is InChI=1S/C18H25N3O2S/c1-5-6-12-24-14(3)17(22)19-16-13(2)20(4)21(18(16)23)15-10-8-7-9-11-15/h7-11,14H,5-6,12H2,1-4H3,(H,19,22). The first-order chi connectivity index (χ1) is 11.5. The van der Waals surface area contributed by atoms with Gasteiger partial charge < -0.3 is 5.32 Å². The van der Waals surface area contributed by atoms with Crippen molar-refractivity contribution in [3.8, 4) is 5.69 Å². The Hall–Kier alpha value is -1.95. The highest BCUT2D eigenvalue weighted by molar-refractivity contribution is 8.00. The molecule has 0 fully saturated rings.